The van der Waals surface area contributed by atoms with E-state index in [1.165, 1.54) is 12.8 Å². The van der Waals surface area contributed by atoms with Gasteiger partial charge in [0.25, 0.3) is 0 Å². The van der Waals surface area contributed by atoms with Crippen molar-refractivity contribution in [3.8, 4) is 0 Å². The van der Waals surface area contributed by atoms with Crippen LogP contribution in [0.15, 0.2) is 16.7 Å². The minimum atomic E-state index is 0.359. The number of rotatable bonds is 5. The van der Waals surface area contributed by atoms with Crippen LogP contribution in [0.1, 0.15) is 19.3 Å². The van der Waals surface area contributed by atoms with Gasteiger partial charge in [-0.3, -0.25) is 0 Å². The Morgan fingerprint density at radius 1 is 1.58 bits per heavy atom. The van der Waals surface area contributed by atoms with Crippen molar-refractivity contribution in [2.75, 3.05) is 13.7 Å². The predicted octanol–water partition coefficient (Wildman–Crippen LogP) is 3.67. The topological polar surface area (TPSA) is 42.8 Å². The van der Waals surface area contributed by atoms with Gasteiger partial charge in [-0.05, 0) is 58.9 Å². The van der Waals surface area contributed by atoms with Crippen molar-refractivity contribution in [2.45, 2.75) is 25.8 Å². The summed E-state index contributed by atoms with van der Waals surface area (Å²) in [5.41, 5.74) is 2.29. The van der Waals surface area contributed by atoms with E-state index in [2.05, 4.69) is 30.5 Å². The zero-order valence-corrected chi connectivity index (χ0v) is 13.2. The Morgan fingerprint density at radius 2 is 2.37 bits per heavy atom. The smallest absolute Gasteiger partial charge is 0.179 e. The van der Waals surface area contributed by atoms with Crippen LogP contribution in [0.3, 0.4) is 0 Å². The molecule has 6 heteroatoms. The van der Waals surface area contributed by atoms with E-state index >= 15 is 0 Å². The maximum atomic E-state index is 5.43. The highest BCUT2D eigenvalue weighted by Gasteiger charge is 2.42. The van der Waals surface area contributed by atoms with E-state index < -0.39 is 0 Å². The average Bonchev–Trinajstić information content (AvgIpc) is 3.08. The van der Waals surface area contributed by atoms with Crippen LogP contribution >= 0.6 is 28.1 Å². The van der Waals surface area contributed by atoms with Gasteiger partial charge in [0.2, 0.25) is 0 Å². The number of aromatic amines is 1. The van der Waals surface area contributed by atoms with Gasteiger partial charge in [0.15, 0.2) is 10.4 Å². The van der Waals surface area contributed by atoms with Crippen molar-refractivity contribution < 1.29 is 4.74 Å². The molecule has 102 valence electrons. The van der Waals surface area contributed by atoms with Crippen LogP contribution in [0.2, 0.25) is 0 Å². The number of H-pyrrole nitrogens is 1. The Kier molecular flexibility index (Phi) is 3.49. The molecule has 0 unspecified atom stereocenters. The van der Waals surface area contributed by atoms with Crippen molar-refractivity contribution >= 4 is 39.3 Å². The number of hydrogen-bond donors (Lipinski definition) is 1. The SMILES string of the molecule is COCCC1(Cn2c(=S)[nH]c3cc(Br)cnc32)CC1. The molecule has 1 aliphatic carbocycles. The van der Waals surface area contributed by atoms with Crippen molar-refractivity contribution in [1.82, 2.24) is 14.5 Å². The van der Waals surface area contributed by atoms with Crippen LogP contribution in [-0.2, 0) is 11.3 Å². The van der Waals surface area contributed by atoms with E-state index in [9.17, 15) is 0 Å². The summed E-state index contributed by atoms with van der Waals surface area (Å²) in [7, 11) is 1.76. The molecular formula is C13H16BrN3OS. The number of nitrogens with zero attached hydrogens (tertiary/aromatic N) is 2. The summed E-state index contributed by atoms with van der Waals surface area (Å²) >= 11 is 8.86. The molecular weight excluding hydrogens is 326 g/mol. The van der Waals surface area contributed by atoms with Gasteiger partial charge in [-0.2, -0.15) is 0 Å². The minimum Gasteiger partial charge on any atom is -0.385 e. The van der Waals surface area contributed by atoms with E-state index in [-0.39, 0.29) is 0 Å². The lowest BCUT2D eigenvalue weighted by Gasteiger charge is -2.15. The third-order valence-corrected chi connectivity index (χ3v) is 4.62. The summed E-state index contributed by atoms with van der Waals surface area (Å²) in [4.78, 5) is 7.71. The summed E-state index contributed by atoms with van der Waals surface area (Å²) in [6, 6.07) is 2.02. The Morgan fingerprint density at radius 3 is 3.05 bits per heavy atom. The average molecular weight is 342 g/mol. The van der Waals surface area contributed by atoms with Crippen molar-refractivity contribution in [2.24, 2.45) is 5.41 Å². The number of ether oxygens (including phenoxy) is 1. The second-order valence-electron chi connectivity index (χ2n) is 5.28. The van der Waals surface area contributed by atoms with Crippen molar-refractivity contribution in [3.63, 3.8) is 0 Å². The Bertz CT molecular complexity index is 659. The molecule has 2 heterocycles. The number of imidazole rings is 1. The first kappa shape index (κ1) is 13.3. The quantitative estimate of drug-likeness (QED) is 0.843. The molecule has 1 aliphatic rings. The fraction of sp³-hybridized carbons (Fsp3) is 0.538. The van der Waals surface area contributed by atoms with E-state index in [1.807, 2.05) is 12.3 Å². The van der Waals surface area contributed by atoms with Gasteiger partial charge >= 0.3 is 0 Å². The van der Waals surface area contributed by atoms with Gasteiger partial charge in [0.1, 0.15) is 0 Å². The van der Waals surface area contributed by atoms with Crippen LogP contribution in [0.5, 0.6) is 0 Å². The van der Waals surface area contributed by atoms with Crippen LogP contribution in [0.4, 0.5) is 0 Å². The molecule has 2 aromatic rings. The number of aromatic nitrogens is 3. The maximum Gasteiger partial charge on any atom is 0.179 e. The normalized spacial score (nSPS) is 16.9. The van der Waals surface area contributed by atoms with E-state index in [0.29, 0.717) is 5.41 Å². The van der Waals surface area contributed by atoms with Gasteiger partial charge in [-0.15, -0.1) is 0 Å². The van der Waals surface area contributed by atoms with Crippen LogP contribution in [0.25, 0.3) is 11.2 Å². The van der Waals surface area contributed by atoms with Gasteiger partial charge in [-0.1, -0.05) is 0 Å². The molecule has 0 spiro atoms. The first-order valence-corrected chi connectivity index (χ1v) is 7.57. The number of methoxy groups -OCH3 is 1. The predicted molar refractivity (Wildman–Crippen MR) is 80.8 cm³/mol. The first-order chi connectivity index (χ1) is 9.13. The highest BCUT2D eigenvalue weighted by molar-refractivity contribution is 9.10. The third kappa shape index (κ3) is 2.61. The Hall–Kier alpha value is -0.720. The lowest BCUT2D eigenvalue weighted by atomic mass is 10.0. The second-order valence-corrected chi connectivity index (χ2v) is 6.59. The summed E-state index contributed by atoms with van der Waals surface area (Å²) in [6.45, 7) is 1.75. The summed E-state index contributed by atoms with van der Waals surface area (Å²) in [5.74, 6) is 0. The number of nitrogens with one attached hydrogen (secondary N) is 1. The number of fused-ring (bicyclic) bond motifs is 1. The molecule has 0 bridgehead atoms. The second kappa shape index (κ2) is 5.00. The fourth-order valence-electron chi connectivity index (χ4n) is 2.48. The summed E-state index contributed by atoms with van der Waals surface area (Å²) < 4.78 is 9.05. The van der Waals surface area contributed by atoms with Crippen molar-refractivity contribution in [1.29, 1.82) is 0 Å². The molecule has 3 rings (SSSR count). The molecule has 1 saturated carbocycles. The van der Waals surface area contributed by atoms with Crippen molar-refractivity contribution in [3.05, 3.63) is 21.5 Å². The van der Waals surface area contributed by atoms with Crippen LogP contribution in [-0.4, -0.2) is 28.3 Å². The molecule has 4 nitrogen and oxygen atoms in total. The maximum absolute atomic E-state index is 5.43. The molecule has 0 atom stereocenters. The Balaban J connectivity index is 1.93. The standard InChI is InChI=1S/C13H16BrN3OS/c1-18-5-4-13(2-3-13)8-17-11-10(16-12(17)19)6-9(14)7-15-11/h6-7H,2-5,8H2,1H3,(H,16,19). The number of hydrogen-bond acceptors (Lipinski definition) is 3. The number of halogens is 1. The zero-order valence-electron chi connectivity index (χ0n) is 10.8. The van der Waals surface area contributed by atoms with E-state index in [1.54, 1.807) is 7.11 Å². The van der Waals surface area contributed by atoms with E-state index in [0.717, 1.165) is 40.0 Å². The molecule has 0 aromatic carbocycles. The largest absolute Gasteiger partial charge is 0.385 e. The monoisotopic (exact) mass is 341 g/mol. The minimum absolute atomic E-state index is 0.359. The van der Waals surface area contributed by atoms with Crippen LogP contribution in [0, 0.1) is 10.2 Å². The Labute approximate surface area is 125 Å². The molecule has 0 saturated heterocycles. The number of pyridine rings is 1. The highest BCUT2D eigenvalue weighted by atomic mass is 79.9. The molecule has 0 radical (unpaired) electrons. The molecule has 19 heavy (non-hydrogen) atoms. The third-order valence-electron chi connectivity index (χ3n) is 3.86. The molecule has 1 fully saturated rings. The lowest BCUT2D eigenvalue weighted by molar-refractivity contribution is 0.167. The van der Waals surface area contributed by atoms with Crippen LogP contribution < -0.4 is 0 Å². The highest BCUT2D eigenvalue weighted by Crippen LogP contribution is 2.50. The van der Waals surface area contributed by atoms with Gasteiger partial charge in [0, 0.05) is 30.9 Å². The lowest BCUT2D eigenvalue weighted by Crippen LogP contribution is -2.14. The van der Waals surface area contributed by atoms with Gasteiger partial charge in [-0.25, -0.2) is 4.98 Å². The first-order valence-electron chi connectivity index (χ1n) is 6.37. The molecule has 2 aromatic heterocycles. The molecule has 0 aliphatic heterocycles. The zero-order chi connectivity index (χ0) is 13.5. The molecule has 1 N–H and O–H groups in total. The molecule has 0 amide bonds. The van der Waals surface area contributed by atoms with Gasteiger partial charge in [0.05, 0.1) is 5.52 Å². The summed E-state index contributed by atoms with van der Waals surface area (Å²) in [6.07, 6.45) is 5.41. The fourth-order valence-corrected chi connectivity index (χ4v) is 3.07. The summed E-state index contributed by atoms with van der Waals surface area (Å²) in [5, 5.41) is 0. The van der Waals surface area contributed by atoms with Gasteiger partial charge < -0.3 is 14.3 Å². The van der Waals surface area contributed by atoms with E-state index in [4.69, 9.17) is 17.0 Å².